The maximum absolute atomic E-state index is 12.8. The van der Waals surface area contributed by atoms with Gasteiger partial charge in [0.05, 0.1) is 12.7 Å². The number of esters is 1. The van der Waals surface area contributed by atoms with Crippen LogP contribution in [0.5, 0.6) is 0 Å². The van der Waals surface area contributed by atoms with Crippen LogP contribution in [0.15, 0.2) is 65.5 Å². The summed E-state index contributed by atoms with van der Waals surface area (Å²) in [5.74, 6) is -0.596. The highest BCUT2D eigenvalue weighted by atomic mass is 35.5. The van der Waals surface area contributed by atoms with E-state index >= 15 is 0 Å². The van der Waals surface area contributed by atoms with Crippen molar-refractivity contribution < 1.29 is 9.53 Å². The van der Waals surface area contributed by atoms with Gasteiger partial charge in [0.15, 0.2) is 0 Å². The second-order valence-electron chi connectivity index (χ2n) is 6.53. The van der Waals surface area contributed by atoms with Crippen LogP contribution >= 0.6 is 34.8 Å². The Morgan fingerprint density at radius 2 is 1.50 bits per heavy atom. The number of rotatable bonds is 3. The number of halogens is 3. The van der Waals surface area contributed by atoms with Gasteiger partial charge in [-0.05, 0) is 30.3 Å². The van der Waals surface area contributed by atoms with Gasteiger partial charge in [0, 0.05) is 54.3 Å². The normalized spacial score (nSPS) is 10.9. The van der Waals surface area contributed by atoms with Crippen LogP contribution in [-0.4, -0.2) is 18.1 Å². The smallest absolute Gasteiger partial charge is 0.338 e. The Hall–Kier alpha value is -2.79. The lowest BCUT2D eigenvalue weighted by molar-refractivity contribution is 0.0602. The molecular weight excluding hydrogens is 445 g/mol. The molecule has 0 saturated carbocycles. The second-order valence-corrected chi connectivity index (χ2v) is 7.75. The summed E-state index contributed by atoms with van der Waals surface area (Å²) < 4.78 is 5.03. The minimum absolute atomic E-state index is 0.205. The number of benzene rings is 3. The molecule has 1 N–H and O–H groups in total. The van der Waals surface area contributed by atoms with Gasteiger partial charge in [-0.1, -0.05) is 59.1 Å². The van der Waals surface area contributed by atoms with Crippen molar-refractivity contribution in [3.63, 3.8) is 0 Å². The number of carbonyl (C=O) groups excluding carboxylic acids is 1. The van der Waals surface area contributed by atoms with Crippen molar-refractivity contribution in [3.05, 3.63) is 91.6 Å². The number of hydrogen-bond donors (Lipinski definition) is 1. The molecule has 4 rings (SSSR count). The van der Waals surface area contributed by atoms with Crippen molar-refractivity contribution in [2.24, 2.45) is 0 Å². The van der Waals surface area contributed by atoms with Gasteiger partial charge in [0.2, 0.25) is 5.56 Å². The van der Waals surface area contributed by atoms with Gasteiger partial charge in [-0.25, -0.2) is 4.79 Å². The summed E-state index contributed by atoms with van der Waals surface area (Å²) in [7, 11) is 1.29. The third-order valence-electron chi connectivity index (χ3n) is 4.79. The number of fused-ring (bicyclic) bond motifs is 1. The van der Waals surface area contributed by atoms with E-state index in [0.29, 0.717) is 48.2 Å². The highest BCUT2D eigenvalue weighted by Gasteiger charge is 2.25. The Kier molecular flexibility index (Phi) is 5.56. The van der Waals surface area contributed by atoms with E-state index in [9.17, 15) is 9.59 Å². The molecule has 0 amide bonds. The first-order chi connectivity index (χ1) is 14.4. The molecule has 0 saturated heterocycles. The molecule has 0 aliphatic heterocycles. The fourth-order valence-electron chi connectivity index (χ4n) is 3.52. The molecule has 30 heavy (non-hydrogen) atoms. The summed E-state index contributed by atoms with van der Waals surface area (Å²) in [5, 5.41) is 1.88. The zero-order valence-electron chi connectivity index (χ0n) is 15.6. The van der Waals surface area contributed by atoms with Crippen LogP contribution in [0.1, 0.15) is 10.4 Å². The molecule has 0 aliphatic carbocycles. The molecule has 0 spiro atoms. The van der Waals surface area contributed by atoms with Crippen molar-refractivity contribution in [2.45, 2.75) is 0 Å². The molecule has 0 atom stereocenters. The summed E-state index contributed by atoms with van der Waals surface area (Å²) in [6.07, 6.45) is 0. The molecular formula is C23H14Cl3NO3. The summed E-state index contributed by atoms with van der Waals surface area (Å²) in [4.78, 5) is 27.5. The molecule has 0 aliphatic rings. The summed E-state index contributed by atoms with van der Waals surface area (Å²) in [5.41, 5.74) is 2.60. The molecule has 0 fully saturated rings. The Labute approximate surface area is 187 Å². The van der Waals surface area contributed by atoms with E-state index in [1.165, 1.54) is 13.2 Å². The molecule has 4 aromatic rings. The standard InChI is InChI=1S/C23H14Cl3NO3/c1-30-23(29)14-11-18-13(9-10-19(28)27-18)20(12-5-2-3-6-15(12)24)21(14)22-16(25)7-4-8-17(22)26/h2-11H,1H3,(H,27,28). The fraction of sp³-hybridized carbons (Fsp3) is 0.0435. The van der Waals surface area contributed by atoms with E-state index in [0.717, 1.165) is 0 Å². The van der Waals surface area contributed by atoms with Gasteiger partial charge in [0.25, 0.3) is 0 Å². The van der Waals surface area contributed by atoms with Crippen LogP contribution in [0, 0.1) is 0 Å². The number of aromatic amines is 1. The number of aromatic nitrogens is 1. The summed E-state index contributed by atoms with van der Waals surface area (Å²) in [6.45, 7) is 0. The molecule has 0 radical (unpaired) electrons. The number of methoxy groups -OCH3 is 1. The zero-order chi connectivity index (χ0) is 21.4. The van der Waals surface area contributed by atoms with Crippen LogP contribution in [0.4, 0.5) is 0 Å². The van der Waals surface area contributed by atoms with E-state index in [1.807, 2.05) is 18.2 Å². The first-order valence-electron chi connectivity index (χ1n) is 8.90. The lowest BCUT2D eigenvalue weighted by Crippen LogP contribution is -2.09. The van der Waals surface area contributed by atoms with E-state index in [2.05, 4.69) is 4.98 Å². The number of ether oxygens (including phenoxy) is 1. The van der Waals surface area contributed by atoms with Crippen molar-refractivity contribution in [1.29, 1.82) is 0 Å². The maximum Gasteiger partial charge on any atom is 0.338 e. The quantitative estimate of drug-likeness (QED) is 0.351. The fourth-order valence-corrected chi connectivity index (χ4v) is 4.34. The Morgan fingerprint density at radius 1 is 0.833 bits per heavy atom. The van der Waals surface area contributed by atoms with Crippen LogP contribution in [-0.2, 0) is 4.74 Å². The van der Waals surface area contributed by atoms with Crippen molar-refractivity contribution in [2.75, 3.05) is 7.11 Å². The summed E-state index contributed by atoms with van der Waals surface area (Å²) in [6, 6.07) is 17.0. The highest BCUT2D eigenvalue weighted by molar-refractivity contribution is 6.40. The lowest BCUT2D eigenvalue weighted by Gasteiger charge is -2.20. The van der Waals surface area contributed by atoms with Crippen molar-refractivity contribution in [3.8, 4) is 22.3 Å². The SMILES string of the molecule is COC(=O)c1cc2[nH]c(=O)ccc2c(-c2ccccc2Cl)c1-c1c(Cl)cccc1Cl. The third kappa shape index (κ3) is 3.47. The zero-order valence-corrected chi connectivity index (χ0v) is 17.9. The Morgan fingerprint density at radius 3 is 2.17 bits per heavy atom. The average Bonchev–Trinajstić information content (AvgIpc) is 2.73. The van der Waals surface area contributed by atoms with Gasteiger partial charge in [-0.3, -0.25) is 4.79 Å². The highest BCUT2D eigenvalue weighted by Crippen LogP contribution is 2.46. The number of carbonyl (C=O) groups is 1. The van der Waals surface area contributed by atoms with Crippen molar-refractivity contribution in [1.82, 2.24) is 4.98 Å². The average molecular weight is 459 g/mol. The van der Waals surface area contributed by atoms with Crippen molar-refractivity contribution >= 4 is 51.7 Å². The van der Waals surface area contributed by atoms with Crippen LogP contribution in [0.3, 0.4) is 0 Å². The minimum Gasteiger partial charge on any atom is -0.465 e. The van der Waals surface area contributed by atoms with Gasteiger partial charge in [0.1, 0.15) is 0 Å². The maximum atomic E-state index is 12.8. The van der Waals surface area contributed by atoms with E-state index < -0.39 is 5.97 Å². The molecule has 0 unspecified atom stereocenters. The Balaban J connectivity index is 2.30. The first kappa shape index (κ1) is 20.5. The summed E-state index contributed by atoms with van der Waals surface area (Å²) >= 11 is 19.6. The van der Waals surface area contributed by atoms with Crippen LogP contribution in [0.2, 0.25) is 15.1 Å². The predicted octanol–water partition coefficient (Wildman–Crippen LogP) is 6.61. The van der Waals surface area contributed by atoms with E-state index in [1.54, 1.807) is 36.4 Å². The lowest BCUT2D eigenvalue weighted by atomic mass is 9.87. The largest absolute Gasteiger partial charge is 0.465 e. The Bertz CT molecular complexity index is 1340. The molecule has 1 aromatic heterocycles. The molecule has 7 heteroatoms. The molecule has 3 aromatic carbocycles. The van der Waals surface area contributed by atoms with Gasteiger partial charge >= 0.3 is 5.97 Å². The predicted molar refractivity (Wildman–Crippen MR) is 122 cm³/mol. The van der Waals surface area contributed by atoms with Gasteiger partial charge < -0.3 is 9.72 Å². The van der Waals surface area contributed by atoms with Crippen LogP contribution in [0.25, 0.3) is 33.2 Å². The van der Waals surface area contributed by atoms with E-state index in [-0.39, 0.29) is 11.1 Å². The molecule has 1 heterocycles. The number of H-pyrrole nitrogens is 1. The molecule has 4 nitrogen and oxygen atoms in total. The van der Waals surface area contributed by atoms with Gasteiger partial charge in [-0.15, -0.1) is 0 Å². The second kappa shape index (κ2) is 8.15. The monoisotopic (exact) mass is 457 g/mol. The van der Waals surface area contributed by atoms with Crippen LogP contribution < -0.4 is 5.56 Å². The first-order valence-corrected chi connectivity index (χ1v) is 10.0. The number of nitrogens with one attached hydrogen (secondary N) is 1. The number of pyridine rings is 1. The van der Waals surface area contributed by atoms with Gasteiger partial charge in [-0.2, -0.15) is 0 Å². The molecule has 150 valence electrons. The third-order valence-corrected chi connectivity index (χ3v) is 5.75. The number of hydrogen-bond acceptors (Lipinski definition) is 3. The minimum atomic E-state index is -0.596. The topological polar surface area (TPSA) is 59.2 Å². The molecule has 0 bridgehead atoms. The van der Waals surface area contributed by atoms with E-state index in [4.69, 9.17) is 39.5 Å².